The summed E-state index contributed by atoms with van der Waals surface area (Å²) in [5.74, 6) is 0. The Morgan fingerprint density at radius 1 is 1.47 bits per heavy atom. The van der Waals surface area contributed by atoms with Gasteiger partial charge in [0.05, 0.1) is 17.9 Å². The molecule has 0 radical (unpaired) electrons. The molecular weight excluding hydrogens is 214 g/mol. The second kappa shape index (κ2) is 6.12. The molecular formula is C13H19N3O. The van der Waals surface area contributed by atoms with Gasteiger partial charge in [-0.3, -0.25) is 0 Å². The Kier molecular flexibility index (Phi) is 4.80. The number of nitriles is 1. The summed E-state index contributed by atoms with van der Waals surface area (Å²) in [6.07, 6.45) is 0. The van der Waals surface area contributed by atoms with Crippen LogP contribution in [0.5, 0.6) is 0 Å². The topological polar surface area (TPSA) is 62.3 Å². The summed E-state index contributed by atoms with van der Waals surface area (Å²) in [5, 5.41) is 8.83. The molecule has 4 nitrogen and oxygen atoms in total. The number of ether oxygens (including phenoxy) is 1. The quantitative estimate of drug-likeness (QED) is 0.790. The zero-order chi connectivity index (χ0) is 12.8. The number of anilines is 2. The first-order valence-corrected chi connectivity index (χ1v) is 5.65. The summed E-state index contributed by atoms with van der Waals surface area (Å²) in [5.41, 5.74) is 7.88. The predicted octanol–water partition coefficient (Wildman–Crippen LogP) is 2.00. The van der Waals surface area contributed by atoms with Crippen LogP contribution in [0.3, 0.4) is 0 Å². The van der Waals surface area contributed by atoms with Crippen LogP contribution in [0.25, 0.3) is 0 Å². The molecule has 92 valence electrons. The molecule has 0 amide bonds. The van der Waals surface area contributed by atoms with Crippen LogP contribution < -0.4 is 10.6 Å². The largest absolute Gasteiger partial charge is 0.398 e. The van der Waals surface area contributed by atoms with Crippen LogP contribution in [0.4, 0.5) is 11.4 Å². The lowest BCUT2D eigenvalue weighted by Crippen LogP contribution is -2.33. The van der Waals surface area contributed by atoms with Gasteiger partial charge in [0.2, 0.25) is 0 Å². The summed E-state index contributed by atoms with van der Waals surface area (Å²) >= 11 is 0. The van der Waals surface area contributed by atoms with Crippen molar-refractivity contribution in [2.45, 2.75) is 19.9 Å². The normalized spacial score (nSPS) is 10.3. The summed E-state index contributed by atoms with van der Waals surface area (Å²) < 4.78 is 5.09. The van der Waals surface area contributed by atoms with Crippen molar-refractivity contribution in [3.63, 3.8) is 0 Å². The van der Waals surface area contributed by atoms with Crippen LogP contribution in [0.15, 0.2) is 18.2 Å². The molecule has 2 N–H and O–H groups in total. The van der Waals surface area contributed by atoms with Crippen LogP contribution in [-0.4, -0.2) is 26.3 Å². The minimum Gasteiger partial charge on any atom is -0.398 e. The van der Waals surface area contributed by atoms with Crippen molar-refractivity contribution >= 4 is 11.4 Å². The van der Waals surface area contributed by atoms with Crippen LogP contribution in [0, 0.1) is 11.3 Å². The van der Waals surface area contributed by atoms with E-state index in [4.69, 9.17) is 15.7 Å². The molecule has 1 aromatic rings. The molecule has 0 unspecified atom stereocenters. The average Bonchev–Trinajstić information content (AvgIpc) is 2.29. The van der Waals surface area contributed by atoms with Gasteiger partial charge in [-0.25, -0.2) is 0 Å². The van der Waals surface area contributed by atoms with E-state index in [0.29, 0.717) is 23.9 Å². The smallest absolute Gasteiger partial charge is 0.101 e. The van der Waals surface area contributed by atoms with Crippen molar-refractivity contribution in [1.82, 2.24) is 0 Å². The summed E-state index contributed by atoms with van der Waals surface area (Å²) in [7, 11) is 1.69. The molecule has 4 heteroatoms. The predicted molar refractivity (Wildman–Crippen MR) is 69.9 cm³/mol. The van der Waals surface area contributed by atoms with E-state index < -0.39 is 0 Å². The SMILES string of the molecule is COCCN(c1ccc(C#N)c(N)c1)C(C)C. The number of hydrogen-bond donors (Lipinski definition) is 1. The molecule has 0 spiro atoms. The van der Waals surface area contributed by atoms with Gasteiger partial charge < -0.3 is 15.4 Å². The van der Waals surface area contributed by atoms with E-state index in [1.165, 1.54) is 0 Å². The maximum Gasteiger partial charge on any atom is 0.101 e. The van der Waals surface area contributed by atoms with E-state index in [-0.39, 0.29) is 0 Å². The van der Waals surface area contributed by atoms with Gasteiger partial charge in [-0.05, 0) is 32.0 Å². The number of methoxy groups -OCH3 is 1. The molecule has 0 fully saturated rings. The van der Waals surface area contributed by atoms with Gasteiger partial charge in [0.1, 0.15) is 6.07 Å². The zero-order valence-electron chi connectivity index (χ0n) is 10.6. The van der Waals surface area contributed by atoms with E-state index in [1.54, 1.807) is 13.2 Å². The molecule has 0 aromatic heterocycles. The molecule has 0 atom stereocenters. The van der Waals surface area contributed by atoms with Gasteiger partial charge in [-0.15, -0.1) is 0 Å². The fourth-order valence-corrected chi connectivity index (χ4v) is 1.71. The van der Waals surface area contributed by atoms with Crippen LogP contribution >= 0.6 is 0 Å². The van der Waals surface area contributed by atoms with Gasteiger partial charge in [0.15, 0.2) is 0 Å². The molecule has 0 aliphatic rings. The van der Waals surface area contributed by atoms with Crippen molar-refractivity contribution in [2.24, 2.45) is 0 Å². The van der Waals surface area contributed by atoms with Gasteiger partial charge in [-0.2, -0.15) is 5.26 Å². The van der Waals surface area contributed by atoms with Crippen molar-refractivity contribution in [3.8, 4) is 6.07 Å². The van der Waals surface area contributed by atoms with E-state index in [0.717, 1.165) is 12.2 Å². The molecule has 0 aliphatic heterocycles. The maximum absolute atomic E-state index is 8.83. The molecule has 0 saturated heterocycles. The lowest BCUT2D eigenvalue weighted by atomic mass is 10.1. The minimum absolute atomic E-state index is 0.359. The first-order chi connectivity index (χ1) is 8.10. The third kappa shape index (κ3) is 3.36. The highest BCUT2D eigenvalue weighted by Gasteiger charge is 2.11. The summed E-state index contributed by atoms with van der Waals surface area (Å²) in [6.45, 7) is 5.70. The number of nitrogen functional groups attached to an aromatic ring is 1. The van der Waals surface area contributed by atoms with Gasteiger partial charge >= 0.3 is 0 Å². The van der Waals surface area contributed by atoms with Crippen molar-refractivity contribution in [3.05, 3.63) is 23.8 Å². The molecule has 0 aliphatic carbocycles. The van der Waals surface area contributed by atoms with Crippen molar-refractivity contribution < 1.29 is 4.74 Å². The number of hydrogen-bond acceptors (Lipinski definition) is 4. The lowest BCUT2D eigenvalue weighted by molar-refractivity contribution is 0.204. The lowest BCUT2D eigenvalue weighted by Gasteiger charge is -2.29. The maximum atomic E-state index is 8.83. The number of benzene rings is 1. The summed E-state index contributed by atoms with van der Waals surface area (Å²) in [6, 6.07) is 7.94. The van der Waals surface area contributed by atoms with Crippen molar-refractivity contribution in [1.29, 1.82) is 5.26 Å². The Labute approximate surface area is 103 Å². The molecule has 1 rings (SSSR count). The zero-order valence-corrected chi connectivity index (χ0v) is 10.6. The Bertz CT molecular complexity index is 410. The Morgan fingerprint density at radius 2 is 2.18 bits per heavy atom. The monoisotopic (exact) mass is 233 g/mol. The highest BCUT2D eigenvalue weighted by atomic mass is 16.5. The first kappa shape index (κ1) is 13.3. The van der Waals surface area contributed by atoms with Crippen molar-refractivity contribution in [2.75, 3.05) is 30.9 Å². The third-order valence-corrected chi connectivity index (χ3v) is 2.65. The van der Waals surface area contributed by atoms with Crippen LogP contribution in [0.1, 0.15) is 19.4 Å². The number of rotatable bonds is 5. The molecule has 0 bridgehead atoms. The van der Waals surface area contributed by atoms with Gasteiger partial charge in [0.25, 0.3) is 0 Å². The Morgan fingerprint density at radius 3 is 2.65 bits per heavy atom. The Hall–Kier alpha value is -1.73. The molecule has 17 heavy (non-hydrogen) atoms. The standard InChI is InChI=1S/C13H19N3O/c1-10(2)16(6-7-17-3)12-5-4-11(9-14)13(15)8-12/h4-5,8,10H,6-7,15H2,1-3H3. The highest BCUT2D eigenvalue weighted by Crippen LogP contribution is 2.22. The van der Waals surface area contributed by atoms with E-state index >= 15 is 0 Å². The minimum atomic E-state index is 0.359. The molecule has 0 saturated carbocycles. The van der Waals surface area contributed by atoms with Crippen LogP contribution in [-0.2, 0) is 4.74 Å². The van der Waals surface area contributed by atoms with Gasteiger partial charge in [-0.1, -0.05) is 0 Å². The third-order valence-electron chi connectivity index (χ3n) is 2.65. The molecule has 0 heterocycles. The van der Waals surface area contributed by atoms with Crippen LogP contribution in [0.2, 0.25) is 0 Å². The first-order valence-electron chi connectivity index (χ1n) is 5.65. The fourth-order valence-electron chi connectivity index (χ4n) is 1.71. The Balaban J connectivity index is 2.95. The van der Waals surface area contributed by atoms with E-state index in [2.05, 4.69) is 24.8 Å². The molecule has 1 aromatic carbocycles. The fraction of sp³-hybridized carbons (Fsp3) is 0.462. The van der Waals surface area contributed by atoms with E-state index in [9.17, 15) is 0 Å². The number of nitrogens with zero attached hydrogens (tertiary/aromatic N) is 2. The second-order valence-electron chi connectivity index (χ2n) is 4.16. The second-order valence-corrected chi connectivity index (χ2v) is 4.16. The average molecular weight is 233 g/mol. The van der Waals surface area contributed by atoms with E-state index in [1.807, 2.05) is 12.1 Å². The number of nitrogens with two attached hydrogens (primary N) is 1. The van der Waals surface area contributed by atoms with Gasteiger partial charge in [0, 0.05) is 25.4 Å². The summed E-state index contributed by atoms with van der Waals surface area (Å²) in [4.78, 5) is 2.20. The highest BCUT2D eigenvalue weighted by molar-refractivity contribution is 5.63.